The van der Waals surface area contributed by atoms with Crippen molar-refractivity contribution in [1.29, 1.82) is 0 Å². The lowest BCUT2D eigenvalue weighted by atomic mass is 10.0. The molecule has 3 nitrogen and oxygen atoms in total. The van der Waals surface area contributed by atoms with E-state index in [-0.39, 0.29) is 5.88 Å². The molecule has 2 atom stereocenters. The molecule has 0 spiro atoms. The van der Waals surface area contributed by atoms with Gasteiger partial charge in [0.25, 0.3) is 0 Å². The van der Waals surface area contributed by atoms with Crippen LogP contribution in [0.4, 0.5) is 5.69 Å². The van der Waals surface area contributed by atoms with E-state index in [0.29, 0.717) is 11.3 Å². The van der Waals surface area contributed by atoms with E-state index in [1.54, 1.807) is 12.1 Å². The molecule has 0 amide bonds. The molecule has 4 N–H and O–H groups in total. The van der Waals surface area contributed by atoms with Crippen molar-refractivity contribution in [2.75, 3.05) is 11.6 Å². The molecule has 4 heteroatoms. The Kier molecular flexibility index (Phi) is 3.52. The van der Waals surface area contributed by atoms with Crippen molar-refractivity contribution in [1.82, 2.24) is 0 Å². The van der Waals surface area contributed by atoms with Crippen molar-refractivity contribution in [3.8, 4) is 0 Å². The van der Waals surface area contributed by atoms with Crippen LogP contribution < -0.4 is 5.73 Å². The monoisotopic (exact) mass is 251 g/mol. The number of alkyl halides is 1. The van der Waals surface area contributed by atoms with Gasteiger partial charge in [-0.3, -0.25) is 0 Å². The topological polar surface area (TPSA) is 66.5 Å². The molecule has 0 aliphatic rings. The number of halogens is 1. The third-order valence-corrected chi connectivity index (χ3v) is 3.07. The van der Waals surface area contributed by atoms with Crippen molar-refractivity contribution in [2.24, 2.45) is 0 Å². The lowest BCUT2D eigenvalue weighted by molar-refractivity contribution is 0.0328. The van der Waals surface area contributed by atoms with Crippen LogP contribution in [0.15, 0.2) is 36.4 Å². The van der Waals surface area contributed by atoms with Gasteiger partial charge in [-0.25, -0.2) is 0 Å². The molecule has 0 saturated heterocycles. The third-order valence-electron chi connectivity index (χ3n) is 2.75. The summed E-state index contributed by atoms with van der Waals surface area (Å²) in [4.78, 5) is 0. The van der Waals surface area contributed by atoms with Crippen molar-refractivity contribution >= 4 is 28.1 Å². The molecule has 17 heavy (non-hydrogen) atoms. The highest BCUT2D eigenvalue weighted by Crippen LogP contribution is 2.24. The molecule has 0 heterocycles. The van der Waals surface area contributed by atoms with E-state index >= 15 is 0 Å². The Bertz CT molecular complexity index is 530. The number of aliphatic hydroxyl groups excluding tert-OH is 2. The van der Waals surface area contributed by atoms with Gasteiger partial charge in [0.2, 0.25) is 0 Å². The predicted octanol–water partition coefficient (Wildman–Crippen LogP) is 2.06. The minimum absolute atomic E-state index is 0.000934. The van der Waals surface area contributed by atoms with Gasteiger partial charge >= 0.3 is 0 Å². The Morgan fingerprint density at radius 3 is 2.41 bits per heavy atom. The molecular formula is C13H14ClNO2. The second-order valence-electron chi connectivity index (χ2n) is 4.03. The summed E-state index contributed by atoms with van der Waals surface area (Å²) in [6.45, 7) is 0. The van der Waals surface area contributed by atoms with Gasteiger partial charge in [-0.2, -0.15) is 0 Å². The fraction of sp³-hybridized carbons (Fsp3) is 0.231. The number of hydrogen-bond donors (Lipinski definition) is 3. The predicted molar refractivity (Wildman–Crippen MR) is 70.0 cm³/mol. The second-order valence-corrected chi connectivity index (χ2v) is 4.34. The maximum absolute atomic E-state index is 9.84. The third kappa shape index (κ3) is 2.52. The van der Waals surface area contributed by atoms with E-state index in [4.69, 9.17) is 17.3 Å². The van der Waals surface area contributed by atoms with Crippen LogP contribution in [0.2, 0.25) is 0 Å². The maximum atomic E-state index is 9.84. The molecular weight excluding hydrogens is 238 g/mol. The van der Waals surface area contributed by atoms with Gasteiger partial charge in [0, 0.05) is 5.69 Å². The molecule has 0 fully saturated rings. The molecule has 2 aromatic carbocycles. The van der Waals surface area contributed by atoms with E-state index in [1.165, 1.54) is 0 Å². The average Bonchev–Trinajstić information content (AvgIpc) is 2.36. The zero-order chi connectivity index (χ0) is 12.4. The Labute approximate surface area is 104 Å². The summed E-state index contributed by atoms with van der Waals surface area (Å²) < 4.78 is 0. The largest absolute Gasteiger partial charge is 0.399 e. The zero-order valence-electron chi connectivity index (χ0n) is 9.18. The molecule has 0 saturated carbocycles. The Balaban J connectivity index is 2.41. The lowest BCUT2D eigenvalue weighted by Crippen LogP contribution is -2.19. The van der Waals surface area contributed by atoms with E-state index in [1.807, 2.05) is 24.3 Å². The Morgan fingerprint density at radius 2 is 1.71 bits per heavy atom. The van der Waals surface area contributed by atoms with Crippen LogP contribution in [0.3, 0.4) is 0 Å². The number of benzene rings is 2. The van der Waals surface area contributed by atoms with Crippen molar-refractivity contribution < 1.29 is 10.2 Å². The average molecular weight is 252 g/mol. The van der Waals surface area contributed by atoms with Gasteiger partial charge in [-0.05, 0) is 34.5 Å². The van der Waals surface area contributed by atoms with Gasteiger partial charge < -0.3 is 15.9 Å². The zero-order valence-corrected chi connectivity index (χ0v) is 9.93. The fourth-order valence-corrected chi connectivity index (χ4v) is 1.94. The number of aliphatic hydroxyl groups is 2. The molecule has 0 bridgehead atoms. The smallest absolute Gasteiger partial charge is 0.106 e. The van der Waals surface area contributed by atoms with Crippen LogP contribution in [-0.2, 0) is 0 Å². The van der Waals surface area contributed by atoms with Crippen molar-refractivity contribution in [2.45, 2.75) is 12.2 Å². The molecule has 2 unspecified atom stereocenters. The summed E-state index contributed by atoms with van der Waals surface area (Å²) in [5.74, 6) is 0.000934. The summed E-state index contributed by atoms with van der Waals surface area (Å²) in [6, 6.07) is 11.0. The molecule has 0 aliphatic carbocycles. The normalized spacial score (nSPS) is 14.8. The van der Waals surface area contributed by atoms with Crippen LogP contribution in [0, 0.1) is 0 Å². The van der Waals surface area contributed by atoms with Gasteiger partial charge in [0.05, 0.1) is 12.0 Å². The quantitative estimate of drug-likeness (QED) is 0.578. The number of hydrogen-bond acceptors (Lipinski definition) is 3. The lowest BCUT2D eigenvalue weighted by Gasteiger charge is -2.16. The summed E-state index contributed by atoms with van der Waals surface area (Å²) in [5, 5.41) is 21.3. The van der Waals surface area contributed by atoms with Crippen LogP contribution in [0.25, 0.3) is 10.8 Å². The molecule has 90 valence electrons. The van der Waals surface area contributed by atoms with Crippen LogP contribution in [0.5, 0.6) is 0 Å². The summed E-state index contributed by atoms with van der Waals surface area (Å²) >= 11 is 5.51. The first-order chi connectivity index (χ1) is 8.11. The highest BCUT2D eigenvalue weighted by Gasteiger charge is 2.17. The molecule has 0 radical (unpaired) electrons. The van der Waals surface area contributed by atoms with Gasteiger partial charge in [-0.1, -0.05) is 18.2 Å². The van der Waals surface area contributed by atoms with Gasteiger partial charge in [-0.15, -0.1) is 11.6 Å². The Morgan fingerprint density at radius 1 is 1.06 bits per heavy atom. The number of anilines is 1. The van der Waals surface area contributed by atoms with E-state index < -0.39 is 12.2 Å². The first-order valence-electron chi connectivity index (χ1n) is 5.33. The second kappa shape index (κ2) is 4.92. The first kappa shape index (κ1) is 12.2. The van der Waals surface area contributed by atoms with Crippen molar-refractivity contribution in [3.63, 3.8) is 0 Å². The minimum atomic E-state index is -0.963. The number of fused-ring (bicyclic) bond motifs is 1. The van der Waals surface area contributed by atoms with Gasteiger partial charge in [0.15, 0.2) is 0 Å². The number of nitrogens with two attached hydrogens (primary N) is 1. The highest BCUT2D eigenvalue weighted by atomic mass is 35.5. The summed E-state index contributed by atoms with van der Waals surface area (Å²) in [5.41, 5.74) is 7.03. The van der Waals surface area contributed by atoms with Crippen LogP contribution in [0.1, 0.15) is 11.7 Å². The SMILES string of the molecule is Nc1ccc2cc(C(O)C(O)CCl)ccc2c1. The maximum Gasteiger partial charge on any atom is 0.106 e. The molecule has 2 aromatic rings. The summed E-state index contributed by atoms with van der Waals surface area (Å²) in [7, 11) is 0. The van der Waals surface area contributed by atoms with Crippen molar-refractivity contribution in [3.05, 3.63) is 42.0 Å². The molecule has 0 aromatic heterocycles. The molecule has 0 aliphatic heterocycles. The Hall–Kier alpha value is -1.29. The number of rotatable bonds is 3. The first-order valence-corrected chi connectivity index (χ1v) is 5.86. The van der Waals surface area contributed by atoms with E-state index in [0.717, 1.165) is 10.8 Å². The van der Waals surface area contributed by atoms with Crippen LogP contribution in [-0.4, -0.2) is 22.2 Å². The van der Waals surface area contributed by atoms with E-state index in [2.05, 4.69) is 0 Å². The summed E-state index contributed by atoms with van der Waals surface area (Å²) in [6.07, 6.45) is -1.92. The number of nitrogen functional groups attached to an aromatic ring is 1. The van der Waals surface area contributed by atoms with Gasteiger partial charge in [0.1, 0.15) is 6.10 Å². The standard InChI is InChI=1S/C13H14ClNO2/c14-7-12(16)13(17)10-2-1-9-6-11(15)4-3-8(9)5-10/h1-6,12-13,16-17H,7,15H2. The molecule has 2 rings (SSSR count). The highest BCUT2D eigenvalue weighted by molar-refractivity contribution is 6.18. The van der Waals surface area contributed by atoms with Crippen LogP contribution >= 0.6 is 11.6 Å². The van der Waals surface area contributed by atoms with E-state index in [9.17, 15) is 10.2 Å². The fourth-order valence-electron chi connectivity index (χ4n) is 1.77. The minimum Gasteiger partial charge on any atom is -0.399 e.